The van der Waals surface area contributed by atoms with E-state index < -0.39 is 35.8 Å². The number of fused-ring (bicyclic) bond motifs is 1. The van der Waals surface area contributed by atoms with Crippen molar-refractivity contribution in [2.75, 3.05) is 13.1 Å². The van der Waals surface area contributed by atoms with Gasteiger partial charge in [-0.1, -0.05) is 62.4 Å². The Labute approximate surface area is 270 Å². The molecule has 5 amide bonds. The molecule has 6 N–H and O–H groups in total. The molecule has 11 nitrogen and oxygen atoms in total. The molecule has 0 bridgehead atoms. The van der Waals surface area contributed by atoms with E-state index in [1.807, 2.05) is 60.8 Å². The van der Waals surface area contributed by atoms with Gasteiger partial charge in [0.15, 0.2) is 0 Å². The number of para-hydroxylation sites is 1. The second kappa shape index (κ2) is 17.1. The Hall–Kier alpha value is -4.67. The smallest absolute Gasteiger partial charge is 0.243 e. The number of benzene rings is 2. The van der Waals surface area contributed by atoms with Crippen LogP contribution in [0.25, 0.3) is 10.9 Å². The van der Waals surface area contributed by atoms with Crippen molar-refractivity contribution < 1.29 is 24.0 Å². The first-order valence-corrected chi connectivity index (χ1v) is 16.2. The molecule has 11 heteroatoms. The summed E-state index contributed by atoms with van der Waals surface area (Å²) >= 11 is 0. The molecule has 1 fully saturated rings. The summed E-state index contributed by atoms with van der Waals surface area (Å²) in [4.78, 5) is 69.2. The Balaban J connectivity index is 1.55. The number of H-pyrrole nitrogens is 1. The molecular formula is C35H46N6O5. The summed E-state index contributed by atoms with van der Waals surface area (Å²) in [6.07, 6.45) is 4.48. The van der Waals surface area contributed by atoms with Crippen LogP contribution in [0.1, 0.15) is 63.5 Å². The third-order valence-corrected chi connectivity index (χ3v) is 8.14. The maximum atomic E-state index is 13.9. The first kappa shape index (κ1) is 34.2. The maximum absolute atomic E-state index is 13.9. The van der Waals surface area contributed by atoms with Crippen LogP contribution < -0.4 is 26.6 Å². The molecule has 3 atom stereocenters. The molecule has 1 aliphatic rings. The van der Waals surface area contributed by atoms with Crippen molar-refractivity contribution >= 4 is 40.4 Å². The number of aromatic amines is 1. The van der Waals surface area contributed by atoms with Gasteiger partial charge in [0.05, 0.1) is 0 Å². The minimum Gasteiger partial charge on any atom is -0.361 e. The SMILES string of the molecule is CC(C)CCNC(=O)[C@@H](Cc1c[nH]c2ccccc12)NC(=O)C1CCCCNC(=O)CCC(=O)NC(Cc2ccccc2)C(=O)N1. The Morgan fingerprint density at radius 3 is 2.43 bits per heavy atom. The van der Waals surface area contributed by atoms with E-state index >= 15 is 0 Å². The van der Waals surface area contributed by atoms with E-state index in [2.05, 4.69) is 45.4 Å². The Morgan fingerprint density at radius 1 is 0.913 bits per heavy atom. The molecular weight excluding hydrogens is 584 g/mol. The third kappa shape index (κ3) is 10.5. The van der Waals surface area contributed by atoms with Gasteiger partial charge in [-0.15, -0.1) is 0 Å². The van der Waals surface area contributed by atoms with Crippen molar-refractivity contribution in [2.45, 2.75) is 83.3 Å². The van der Waals surface area contributed by atoms with Crippen LogP contribution in [0.15, 0.2) is 60.8 Å². The van der Waals surface area contributed by atoms with Gasteiger partial charge >= 0.3 is 0 Å². The van der Waals surface area contributed by atoms with Crippen LogP contribution >= 0.6 is 0 Å². The zero-order valence-corrected chi connectivity index (χ0v) is 26.7. The zero-order chi connectivity index (χ0) is 32.9. The molecule has 1 aromatic heterocycles. The summed E-state index contributed by atoms with van der Waals surface area (Å²) in [6, 6.07) is 14.2. The lowest BCUT2D eigenvalue weighted by Crippen LogP contribution is -2.57. The number of nitrogens with one attached hydrogen (secondary N) is 6. The van der Waals surface area contributed by atoms with Crippen molar-refractivity contribution in [3.63, 3.8) is 0 Å². The van der Waals surface area contributed by atoms with Crippen LogP contribution in [0, 0.1) is 5.92 Å². The molecule has 246 valence electrons. The van der Waals surface area contributed by atoms with Gasteiger partial charge in [0.1, 0.15) is 18.1 Å². The van der Waals surface area contributed by atoms with Gasteiger partial charge in [-0.3, -0.25) is 24.0 Å². The average molecular weight is 631 g/mol. The van der Waals surface area contributed by atoms with Crippen LogP contribution in [-0.2, 0) is 36.8 Å². The zero-order valence-electron chi connectivity index (χ0n) is 26.7. The standard InChI is InChI=1S/C35H46N6O5/c1-23(2)17-19-37-33(44)30(21-25-22-38-27-13-7-6-12-26(25)27)41-34(45)28-14-8-9-18-36-31(42)15-16-32(43)39-29(35(46)40-28)20-24-10-4-3-5-11-24/h3-7,10-13,22-23,28-30,38H,8-9,14-21H2,1-2H3,(H,36,42)(H,37,44)(H,39,43)(H,40,46)(H,41,45)/t28?,29?,30-/m1/s1. The molecule has 1 aliphatic heterocycles. The molecule has 2 aromatic carbocycles. The molecule has 2 unspecified atom stereocenters. The quantitative estimate of drug-likeness (QED) is 0.203. The molecule has 3 aromatic rings. The number of hydrogen-bond acceptors (Lipinski definition) is 5. The van der Waals surface area contributed by atoms with E-state index in [0.717, 1.165) is 28.5 Å². The van der Waals surface area contributed by atoms with E-state index in [1.165, 1.54) is 0 Å². The number of aromatic nitrogens is 1. The highest BCUT2D eigenvalue weighted by atomic mass is 16.2. The van der Waals surface area contributed by atoms with Crippen LogP contribution in [0.5, 0.6) is 0 Å². The highest BCUT2D eigenvalue weighted by molar-refractivity contribution is 5.95. The minimum atomic E-state index is -0.963. The third-order valence-electron chi connectivity index (χ3n) is 8.14. The summed E-state index contributed by atoms with van der Waals surface area (Å²) < 4.78 is 0. The summed E-state index contributed by atoms with van der Waals surface area (Å²) in [5, 5.41) is 15.3. The van der Waals surface area contributed by atoms with Crippen LogP contribution in [-0.4, -0.2) is 65.7 Å². The maximum Gasteiger partial charge on any atom is 0.243 e. The van der Waals surface area contributed by atoms with E-state index in [4.69, 9.17) is 0 Å². The number of rotatable bonds is 10. The lowest BCUT2D eigenvalue weighted by molar-refractivity contribution is -0.134. The fraction of sp³-hybridized carbons (Fsp3) is 0.457. The second-order valence-electron chi connectivity index (χ2n) is 12.3. The Morgan fingerprint density at radius 2 is 1.65 bits per heavy atom. The van der Waals surface area contributed by atoms with Crippen molar-refractivity contribution in [1.29, 1.82) is 0 Å². The van der Waals surface area contributed by atoms with Gasteiger partial charge in [-0.2, -0.15) is 0 Å². The van der Waals surface area contributed by atoms with Crippen LogP contribution in [0.2, 0.25) is 0 Å². The van der Waals surface area contributed by atoms with Crippen LogP contribution in [0.4, 0.5) is 0 Å². The predicted octanol–water partition coefficient (Wildman–Crippen LogP) is 2.65. The van der Waals surface area contributed by atoms with Crippen LogP contribution in [0.3, 0.4) is 0 Å². The summed E-state index contributed by atoms with van der Waals surface area (Å²) in [5.41, 5.74) is 2.65. The summed E-state index contributed by atoms with van der Waals surface area (Å²) in [6.45, 7) is 5.02. The number of hydrogen-bond donors (Lipinski definition) is 6. The van der Waals surface area contributed by atoms with Gasteiger partial charge in [-0.05, 0) is 48.8 Å². The highest BCUT2D eigenvalue weighted by Crippen LogP contribution is 2.19. The lowest BCUT2D eigenvalue weighted by Gasteiger charge is -2.26. The predicted molar refractivity (Wildman–Crippen MR) is 177 cm³/mol. The molecule has 1 saturated heterocycles. The fourth-order valence-corrected chi connectivity index (χ4v) is 5.49. The fourth-order valence-electron chi connectivity index (χ4n) is 5.49. The molecule has 0 saturated carbocycles. The molecule has 46 heavy (non-hydrogen) atoms. The van der Waals surface area contributed by atoms with Crippen molar-refractivity contribution in [2.24, 2.45) is 5.92 Å². The highest BCUT2D eigenvalue weighted by Gasteiger charge is 2.30. The Bertz CT molecular complexity index is 1490. The van der Waals surface area contributed by atoms with E-state index in [9.17, 15) is 24.0 Å². The van der Waals surface area contributed by atoms with Crippen molar-refractivity contribution in [3.05, 3.63) is 71.9 Å². The van der Waals surface area contributed by atoms with Crippen molar-refractivity contribution in [1.82, 2.24) is 31.6 Å². The molecule has 0 radical (unpaired) electrons. The Kier molecular flexibility index (Phi) is 12.7. The van der Waals surface area contributed by atoms with Gasteiger partial charge in [0, 0.05) is 55.9 Å². The number of carbonyl (C=O) groups excluding carboxylic acids is 5. The molecule has 0 spiro atoms. The van der Waals surface area contributed by atoms with E-state index in [0.29, 0.717) is 31.8 Å². The summed E-state index contributed by atoms with van der Waals surface area (Å²) in [5.74, 6) is -1.57. The van der Waals surface area contributed by atoms with E-state index in [1.54, 1.807) is 0 Å². The largest absolute Gasteiger partial charge is 0.361 e. The summed E-state index contributed by atoms with van der Waals surface area (Å²) in [7, 11) is 0. The van der Waals surface area contributed by atoms with Gasteiger partial charge < -0.3 is 31.6 Å². The lowest BCUT2D eigenvalue weighted by atomic mass is 10.0. The first-order valence-electron chi connectivity index (χ1n) is 16.2. The first-order chi connectivity index (χ1) is 22.2. The number of carbonyl (C=O) groups is 5. The minimum absolute atomic E-state index is 0.0214. The van der Waals surface area contributed by atoms with Crippen molar-refractivity contribution in [3.8, 4) is 0 Å². The van der Waals surface area contributed by atoms with Gasteiger partial charge in [0.2, 0.25) is 29.5 Å². The van der Waals surface area contributed by atoms with E-state index in [-0.39, 0.29) is 43.9 Å². The average Bonchev–Trinajstić information content (AvgIpc) is 3.44. The monoisotopic (exact) mass is 630 g/mol. The number of amides is 5. The second-order valence-corrected chi connectivity index (χ2v) is 12.3. The molecule has 0 aliphatic carbocycles. The molecule has 4 rings (SSSR count). The topological polar surface area (TPSA) is 161 Å². The normalized spacial score (nSPS) is 19.0. The van der Waals surface area contributed by atoms with Gasteiger partial charge in [0.25, 0.3) is 0 Å². The molecule has 2 heterocycles. The van der Waals surface area contributed by atoms with Gasteiger partial charge in [-0.25, -0.2) is 0 Å².